The summed E-state index contributed by atoms with van der Waals surface area (Å²) < 4.78 is 16.5. The van der Waals surface area contributed by atoms with E-state index in [1.807, 2.05) is 133 Å². The van der Waals surface area contributed by atoms with E-state index < -0.39 is 7.14 Å². The molecule has 7 heteroatoms. The van der Waals surface area contributed by atoms with Crippen LogP contribution in [0.25, 0.3) is 88.0 Å². The van der Waals surface area contributed by atoms with Gasteiger partial charge in [0, 0.05) is 64.1 Å². The standard InChI is InChI=1S/C56H37N4OPS/c61-62(44-24-12-4-13-25-44,45-26-14-5-15-27-45)46-36-34-40(35-37-46)52-49(50-51(39-18-6-1-7-19-39)57-48-29-17-16-28-47(48)53(50)63-52)38-30-32-43(33-31-38)56-59-54(41-20-8-2-9-21-41)58-55(60-56)42-22-10-3-11-23-42/h1-37H. The Balaban J connectivity index is 1.11. The fourth-order valence-corrected chi connectivity index (χ4v) is 12.4. The first-order valence-electron chi connectivity index (χ1n) is 20.8. The maximum atomic E-state index is 15.4. The molecule has 0 aliphatic rings. The number of fused-ring (bicyclic) bond motifs is 3. The van der Waals surface area contributed by atoms with Crippen molar-refractivity contribution in [3.8, 4) is 67.0 Å². The van der Waals surface area contributed by atoms with Crippen LogP contribution in [-0.2, 0) is 4.57 Å². The van der Waals surface area contributed by atoms with E-state index in [0.717, 1.165) is 86.4 Å². The highest BCUT2D eigenvalue weighted by Gasteiger charge is 2.30. The zero-order valence-corrected chi connectivity index (χ0v) is 35.6. The Morgan fingerprint density at radius 2 is 0.746 bits per heavy atom. The minimum atomic E-state index is -3.17. The highest BCUT2D eigenvalue weighted by atomic mass is 32.1. The molecule has 0 saturated carbocycles. The van der Waals surface area contributed by atoms with Gasteiger partial charge in [-0.15, -0.1) is 11.3 Å². The van der Waals surface area contributed by atoms with Crippen molar-refractivity contribution in [3.63, 3.8) is 0 Å². The maximum Gasteiger partial charge on any atom is 0.171 e. The smallest absolute Gasteiger partial charge is 0.171 e. The first-order chi connectivity index (χ1) is 31.1. The summed E-state index contributed by atoms with van der Waals surface area (Å²) in [7, 11) is -3.17. The molecular formula is C56H37N4OPS. The van der Waals surface area contributed by atoms with Crippen LogP contribution in [0.2, 0.25) is 0 Å². The molecule has 0 atom stereocenters. The molecule has 5 nitrogen and oxygen atoms in total. The number of rotatable bonds is 9. The molecule has 0 radical (unpaired) electrons. The Kier molecular flexibility index (Phi) is 9.93. The molecule has 0 aliphatic carbocycles. The Hall–Kier alpha value is -7.63. The average Bonchev–Trinajstić information content (AvgIpc) is 3.78. The molecule has 0 unspecified atom stereocenters. The second-order valence-corrected chi connectivity index (χ2v) is 19.1. The van der Waals surface area contributed by atoms with Crippen LogP contribution in [0.4, 0.5) is 0 Å². The van der Waals surface area contributed by atoms with E-state index in [4.69, 9.17) is 19.9 Å². The molecule has 11 rings (SSSR count). The zero-order valence-electron chi connectivity index (χ0n) is 33.9. The summed E-state index contributed by atoms with van der Waals surface area (Å²) in [6.45, 7) is 0. The SMILES string of the molecule is O=P(c1ccccc1)(c1ccccc1)c1ccc(-c2sc3c(c(-c4ccccc4)nc4ccccc43)c2-c2ccc(-c3nc(-c4ccccc4)nc(-c4ccccc4)n3)cc2)cc1. The second kappa shape index (κ2) is 16.3. The summed E-state index contributed by atoms with van der Waals surface area (Å²) in [6.07, 6.45) is 0. The van der Waals surface area contributed by atoms with E-state index in [1.165, 1.54) is 0 Å². The van der Waals surface area contributed by atoms with Crippen LogP contribution in [0.15, 0.2) is 224 Å². The monoisotopic (exact) mass is 844 g/mol. The molecule has 0 fully saturated rings. The molecule has 298 valence electrons. The summed E-state index contributed by atoms with van der Waals surface area (Å²) in [4.78, 5) is 21.4. The van der Waals surface area contributed by atoms with Crippen molar-refractivity contribution in [2.24, 2.45) is 0 Å². The largest absolute Gasteiger partial charge is 0.309 e. The Bertz CT molecular complexity index is 3340. The molecule has 0 saturated heterocycles. The predicted molar refractivity (Wildman–Crippen MR) is 263 cm³/mol. The number of hydrogen-bond acceptors (Lipinski definition) is 6. The maximum absolute atomic E-state index is 15.4. The fourth-order valence-electron chi connectivity index (χ4n) is 8.34. The van der Waals surface area contributed by atoms with Gasteiger partial charge in [-0.05, 0) is 17.2 Å². The van der Waals surface area contributed by atoms with Gasteiger partial charge in [0.2, 0.25) is 0 Å². The molecule has 0 bridgehead atoms. The molecule has 0 amide bonds. The first-order valence-corrected chi connectivity index (χ1v) is 23.3. The van der Waals surface area contributed by atoms with Crippen molar-refractivity contribution in [2.45, 2.75) is 0 Å². The summed E-state index contributed by atoms with van der Waals surface area (Å²) in [5.41, 5.74) is 8.81. The van der Waals surface area contributed by atoms with Crippen molar-refractivity contribution in [1.82, 2.24) is 19.9 Å². The normalized spacial score (nSPS) is 11.6. The molecule has 0 aliphatic heterocycles. The molecule has 8 aromatic carbocycles. The Labute approximate surface area is 369 Å². The Morgan fingerprint density at radius 3 is 1.27 bits per heavy atom. The fraction of sp³-hybridized carbons (Fsp3) is 0. The number of pyridine rings is 1. The third-order valence-corrected chi connectivity index (χ3v) is 15.8. The lowest BCUT2D eigenvalue weighted by atomic mass is 9.94. The van der Waals surface area contributed by atoms with Crippen molar-refractivity contribution in [2.75, 3.05) is 0 Å². The van der Waals surface area contributed by atoms with Gasteiger partial charge in [0.05, 0.1) is 11.2 Å². The van der Waals surface area contributed by atoms with Gasteiger partial charge in [-0.1, -0.05) is 218 Å². The van der Waals surface area contributed by atoms with E-state index in [0.29, 0.717) is 17.5 Å². The molecule has 0 spiro atoms. The van der Waals surface area contributed by atoms with Crippen LogP contribution < -0.4 is 15.9 Å². The van der Waals surface area contributed by atoms with Gasteiger partial charge >= 0.3 is 0 Å². The number of hydrogen-bond donors (Lipinski definition) is 0. The molecule has 3 heterocycles. The molecule has 11 aromatic rings. The second-order valence-electron chi connectivity index (χ2n) is 15.3. The predicted octanol–water partition coefficient (Wildman–Crippen LogP) is 13.3. The number of para-hydroxylation sites is 1. The number of benzene rings is 8. The van der Waals surface area contributed by atoms with E-state index >= 15 is 4.57 Å². The van der Waals surface area contributed by atoms with E-state index in [-0.39, 0.29) is 0 Å². The Morgan fingerprint density at radius 1 is 0.349 bits per heavy atom. The van der Waals surface area contributed by atoms with E-state index in [1.54, 1.807) is 11.3 Å². The third-order valence-electron chi connectivity index (χ3n) is 11.4. The topological polar surface area (TPSA) is 68.6 Å². The van der Waals surface area contributed by atoms with Gasteiger partial charge in [-0.25, -0.2) is 19.9 Å². The van der Waals surface area contributed by atoms with Crippen molar-refractivity contribution >= 4 is 55.4 Å². The lowest BCUT2D eigenvalue weighted by molar-refractivity contribution is 0.592. The quantitative estimate of drug-likeness (QED) is 0.135. The van der Waals surface area contributed by atoms with Crippen LogP contribution in [-0.4, -0.2) is 19.9 Å². The number of thiophene rings is 1. The van der Waals surface area contributed by atoms with Crippen LogP contribution in [0.3, 0.4) is 0 Å². The van der Waals surface area contributed by atoms with E-state index in [9.17, 15) is 0 Å². The minimum Gasteiger partial charge on any atom is -0.309 e. The van der Waals surface area contributed by atoms with Gasteiger partial charge < -0.3 is 4.57 Å². The summed E-state index contributed by atoms with van der Waals surface area (Å²) in [6, 6.07) is 75.5. The van der Waals surface area contributed by atoms with Crippen LogP contribution in [0, 0.1) is 0 Å². The van der Waals surface area contributed by atoms with Gasteiger partial charge in [-0.2, -0.15) is 0 Å². The molecule has 63 heavy (non-hydrogen) atoms. The van der Waals surface area contributed by atoms with Crippen LogP contribution >= 0.6 is 18.5 Å². The molecular weight excluding hydrogens is 808 g/mol. The van der Waals surface area contributed by atoms with E-state index in [2.05, 4.69) is 91.0 Å². The van der Waals surface area contributed by atoms with Crippen molar-refractivity contribution in [1.29, 1.82) is 0 Å². The first kappa shape index (κ1) is 38.3. The van der Waals surface area contributed by atoms with Crippen LogP contribution in [0.5, 0.6) is 0 Å². The van der Waals surface area contributed by atoms with Crippen molar-refractivity contribution in [3.05, 3.63) is 224 Å². The highest BCUT2D eigenvalue weighted by Crippen LogP contribution is 2.51. The summed E-state index contributed by atoms with van der Waals surface area (Å²) in [5, 5.41) is 4.59. The third kappa shape index (κ3) is 7.06. The van der Waals surface area contributed by atoms with Crippen LogP contribution in [0.1, 0.15) is 0 Å². The van der Waals surface area contributed by atoms with Gasteiger partial charge in [0.15, 0.2) is 24.6 Å². The summed E-state index contributed by atoms with van der Waals surface area (Å²) >= 11 is 1.77. The molecule has 0 N–H and O–H groups in total. The highest BCUT2D eigenvalue weighted by molar-refractivity contribution is 7.85. The zero-order chi connectivity index (χ0) is 42.2. The van der Waals surface area contributed by atoms with Crippen molar-refractivity contribution < 1.29 is 4.57 Å². The summed E-state index contributed by atoms with van der Waals surface area (Å²) in [5.74, 6) is 1.83. The van der Waals surface area contributed by atoms with Gasteiger partial charge in [0.25, 0.3) is 0 Å². The lowest BCUT2D eigenvalue weighted by Crippen LogP contribution is -2.24. The minimum absolute atomic E-state index is 0.596. The lowest BCUT2D eigenvalue weighted by Gasteiger charge is -2.20. The number of aromatic nitrogens is 4. The van der Waals surface area contributed by atoms with Gasteiger partial charge in [-0.3, -0.25) is 0 Å². The average molecular weight is 845 g/mol. The molecule has 3 aromatic heterocycles. The van der Waals surface area contributed by atoms with Gasteiger partial charge in [0.1, 0.15) is 0 Å². The number of nitrogens with zero attached hydrogens (tertiary/aromatic N) is 4.